The van der Waals surface area contributed by atoms with Crippen molar-refractivity contribution in [1.29, 1.82) is 0 Å². The summed E-state index contributed by atoms with van der Waals surface area (Å²) < 4.78 is 5.76. The highest BCUT2D eigenvalue weighted by molar-refractivity contribution is 5.77. The number of aryl methyl sites for hydroxylation is 1. The molecule has 0 aliphatic carbocycles. The summed E-state index contributed by atoms with van der Waals surface area (Å²) in [4.78, 5) is 13.8. The number of hydrogen-bond acceptors (Lipinski definition) is 3. The van der Waals surface area contributed by atoms with E-state index in [1.807, 2.05) is 40.0 Å². The van der Waals surface area contributed by atoms with Crippen LogP contribution in [0.4, 0.5) is 0 Å². The number of carbonyl (C=O) groups is 1. The molecule has 0 bridgehead atoms. The van der Waals surface area contributed by atoms with Crippen LogP contribution in [0.2, 0.25) is 0 Å². The second kappa shape index (κ2) is 7.90. The normalized spacial score (nSPS) is 12.1. The molecule has 0 spiro atoms. The lowest BCUT2D eigenvalue weighted by atomic mass is 10.1. The lowest BCUT2D eigenvalue weighted by molar-refractivity contribution is -0.132. The molecule has 0 saturated carbocycles. The fourth-order valence-corrected chi connectivity index (χ4v) is 2.09. The number of likely N-dealkylation sites (N-methyl/N-ethyl adjacent to an activating group) is 1. The molecular formula is C16H26N2O2. The molecule has 0 aliphatic rings. The zero-order valence-electron chi connectivity index (χ0n) is 13.2. The minimum atomic E-state index is 0.0274. The highest BCUT2D eigenvalue weighted by Gasteiger charge is 2.14. The van der Waals surface area contributed by atoms with Crippen LogP contribution in [-0.4, -0.2) is 37.6 Å². The van der Waals surface area contributed by atoms with Gasteiger partial charge in [0, 0.05) is 24.7 Å². The van der Waals surface area contributed by atoms with Gasteiger partial charge in [0.15, 0.2) is 6.61 Å². The van der Waals surface area contributed by atoms with Crippen molar-refractivity contribution >= 4 is 5.91 Å². The van der Waals surface area contributed by atoms with Crippen molar-refractivity contribution in [3.05, 3.63) is 29.3 Å². The van der Waals surface area contributed by atoms with E-state index in [0.29, 0.717) is 13.1 Å². The number of benzene rings is 1. The molecule has 1 aromatic rings. The van der Waals surface area contributed by atoms with Crippen LogP contribution < -0.4 is 10.1 Å². The zero-order valence-corrected chi connectivity index (χ0v) is 13.2. The molecule has 1 N–H and O–H groups in total. The van der Waals surface area contributed by atoms with E-state index in [-0.39, 0.29) is 18.6 Å². The van der Waals surface area contributed by atoms with Gasteiger partial charge in [-0.3, -0.25) is 4.79 Å². The summed E-state index contributed by atoms with van der Waals surface area (Å²) in [5.74, 6) is 0.812. The molecule has 4 heteroatoms. The van der Waals surface area contributed by atoms with Gasteiger partial charge in [0.05, 0.1) is 0 Å². The summed E-state index contributed by atoms with van der Waals surface area (Å²) >= 11 is 0. The first kappa shape index (κ1) is 16.5. The summed E-state index contributed by atoms with van der Waals surface area (Å²) in [6.45, 7) is 9.56. The maximum atomic E-state index is 12.0. The Kier molecular flexibility index (Phi) is 6.52. The van der Waals surface area contributed by atoms with E-state index >= 15 is 0 Å². The molecule has 1 aromatic carbocycles. The van der Waals surface area contributed by atoms with Gasteiger partial charge >= 0.3 is 0 Å². The van der Waals surface area contributed by atoms with E-state index in [9.17, 15) is 4.79 Å². The van der Waals surface area contributed by atoms with Crippen LogP contribution in [0.15, 0.2) is 18.2 Å². The third-order valence-electron chi connectivity index (χ3n) is 3.54. The zero-order chi connectivity index (χ0) is 15.1. The maximum Gasteiger partial charge on any atom is 0.260 e. The fraction of sp³-hybridized carbons (Fsp3) is 0.562. The van der Waals surface area contributed by atoms with Gasteiger partial charge in [-0.2, -0.15) is 0 Å². The van der Waals surface area contributed by atoms with Crippen LogP contribution in [-0.2, 0) is 4.79 Å². The van der Waals surface area contributed by atoms with Crippen molar-refractivity contribution in [3.63, 3.8) is 0 Å². The third-order valence-corrected chi connectivity index (χ3v) is 3.54. The summed E-state index contributed by atoms with van der Waals surface area (Å²) in [7, 11) is 1.91. The molecule has 4 nitrogen and oxygen atoms in total. The Morgan fingerprint density at radius 3 is 2.55 bits per heavy atom. The SMILES string of the molecule is CCN(CC)C(=O)COc1cc(C)ccc1C(C)NC. The van der Waals surface area contributed by atoms with Gasteiger partial charge in [-0.25, -0.2) is 0 Å². The topological polar surface area (TPSA) is 41.6 Å². The van der Waals surface area contributed by atoms with Gasteiger partial charge in [0.1, 0.15) is 5.75 Å². The largest absolute Gasteiger partial charge is 0.483 e. The Bertz CT molecular complexity index is 442. The van der Waals surface area contributed by atoms with Gasteiger partial charge in [-0.1, -0.05) is 12.1 Å². The predicted octanol–water partition coefficient (Wildman–Crippen LogP) is 2.52. The molecule has 1 unspecified atom stereocenters. The van der Waals surface area contributed by atoms with E-state index in [4.69, 9.17) is 4.74 Å². The van der Waals surface area contributed by atoms with Gasteiger partial charge in [0.25, 0.3) is 5.91 Å². The number of amides is 1. The molecule has 0 saturated heterocycles. The monoisotopic (exact) mass is 278 g/mol. The van der Waals surface area contributed by atoms with Gasteiger partial charge in [-0.05, 0) is 46.4 Å². The Hall–Kier alpha value is -1.55. The minimum absolute atomic E-state index is 0.0274. The van der Waals surface area contributed by atoms with E-state index in [1.165, 1.54) is 0 Å². The molecule has 0 fully saturated rings. The van der Waals surface area contributed by atoms with Crippen molar-refractivity contribution in [3.8, 4) is 5.75 Å². The van der Waals surface area contributed by atoms with Crippen molar-refractivity contribution < 1.29 is 9.53 Å². The van der Waals surface area contributed by atoms with Crippen LogP contribution in [0, 0.1) is 6.92 Å². The van der Waals surface area contributed by atoms with Gasteiger partial charge in [-0.15, -0.1) is 0 Å². The van der Waals surface area contributed by atoms with Crippen LogP contribution in [0.3, 0.4) is 0 Å². The molecule has 0 aromatic heterocycles. The smallest absolute Gasteiger partial charge is 0.260 e. The van der Waals surface area contributed by atoms with Crippen molar-refractivity contribution in [1.82, 2.24) is 10.2 Å². The third kappa shape index (κ3) is 4.23. The molecule has 0 heterocycles. The van der Waals surface area contributed by atoms with Gasteiger partial charge < -0.3 is 15.0 Å². The van der Waals surface area contributed by atoms with Crippen molar-refractivity contribution in [2.45, 2.75) is 33.7 Å². The second-order valence-corrected chi connectivity index (χ2v) is 4.91. The predicted molar refractivity (Wildman–Crippen MR) is 82.1 cm³/mol. The quantitative estimate of drug-likeness (QED) is 0.833. The van der Waals surface area contributed by atoms with E-state index in [0.717, 1.165) is 16.9 Å². The Balaban J connectivity index is 2.81. The molecule has 0 radical (unpaired) electrons. The van der Waals surface area contributed by atoms with Crippen molar-refractivity contribution in [2.24, 2.45) is 0 Å². The van der Waals surface area contributed by atoms with Gasteiger partial charge in [0.2, 0.25) is 0 Å². The molecule has 0 aliphatic heterocycles. The maximum absolute atomic E-state index is 12.0. The summed E-state index contributed by atoms with van der Waals surface area (Å²) in [6.07, 6.45) is 0. The summed E-state index contributed by atoms with van der Waals surface area (Å²) in [5, 5.41) is 3.20. The first-order chi connectivity index (χ1) is 9.53. The Morgan fingerprint density at radius 2 is 2.00 bits per heavy atom. The Morgan fingerprint density at radius 1 is 1.35 bits per heavy atom. The average Bonchev–Trinajstić information content (AvgIpc) is 2.45. The number of carbonyl (C=O) groups excluding carboxylic acids is 1. The highest BCUT2D eigenvalue weighted by atomic mass is 16.5. The standard InChI is InChI=1S/C16H26N2O2/c1-6-18(7-2)16(19)11-20-15-10-12(3)8-9-14(15)13(4)17-5/h8-10,13,17H,6-7,11H2,1-5H3. The first-order valence-corrected chi connectivity index (χ1v) is 7.21. The Labute approximate surface area is 122 Å². The summed E-state index contributed by atoms with van der Waals surface area (Å²) in [5.41, 5.74) is 2.20. The summed E-state index contributed by atoms with van der Waals surface area (Å²) in [6, 6.07) is 6.28. The second-order valence-electron chi connectivity index (χ2n) is 4.91. The number of nitrogens with one attached hydrogen (secondary N) is 1. The molecule has 1 atom stereocenters. The molecule has 1 rings (SSSR count). The van der Waals surface area contributed by atoms with Crippen molar-refractivity contribution in [2.75, 3.05) is 26.7 Å². The molecule has 1 amide bonds. The van der Waals surface area contributed by atoms with Crippen LogP contribution in [0.1, 0.15) is 37.9 Å². The van der Waals surface area contributed by atoms with Crippen LogP contribution in [0.5, 0.6) is 5.75 Å². The number of rotatable bonds is 7. The van der Waals surface area contributed by atoms with E-state index < -0.39 is 0 Å². The van der Waals surface area contributed by atoms with Crippen LogP contribution in [0.25, 0.3) is 0 Å². The van der Waals surface area contributed by atoms with E-state index in [2.05, 4.69) is 18.3 Å². The minimum Gasteiger partial charge on any atom is -0.483 e. The number of nitrogens with zero attached hydrogens (tertiary/aromatic N) is 1. The number of hydrogen-bond donors (Lipinski definition) is 1. The first-order valence-electron chi connectivity index (χ1n) is 7.21. The highest BCUT2D eigenvalue weighted by Crippen LogP contribution is 2.26. The number of ether oxygens (including phenoxy) is 1. The molecular weight excluding hydrogens is 252 g/mol. The average molecular weight is 278 g/mol. The fourth-order valence-electron chi connectivity index (χ4n) is 2.09. The van der Waals surface area contributed by atoms with Crippen LogP contribution >= 0.6 is 0 Å². The lowest BCUT2D eigenvalue weighted by Gasteiger charge is -2.21. The molecule has 20 heavy (non-hydrogen) atoms. The lowest BCUT2D eigenvalue weighted by Crippen LogP contribution is -2.34. The molecule has 112 valence electrons. The van der Waals surface area contributed by atoms with E-state index in [1.54, 1.807) is 4.90 Å².